The number of carbonyl (C=O) groups is 3. The molecule has 2 aromatic heterocycles. The van der Waals surface area contributed by atoms with Gasteiger partial charge in [0.15, 0.2) is 17.6 Å². The fraction of sp³-hybridized carbons (Fsp3) is 0.480. The predicted octanol–water partition coefficient (Wildman–Crippen LogP) is 2.20. The van der Waals surface area contributed by atoms with E-state index in [4.69, 9.17) is 14.2 Å². The van der Waals surface area contributed by atoms with Crippen LogP contribution in [0, 0.1) is 5.82 Å². The number of rotatable bonds is 9. The zero-order chi connectivity index (χ0) is 28.2. The van der Waals surface area contributed by atoms with E-state index in [0.29, 0.717) is 42.9 Å². The summed E-state index contributed by atoms with van der Waals surface area (Å²) in [5.41, 5.74) is 1.09. The topological polar surface area (TPSA) is 147 Å². The Balaban J connectivity index is 1.34. The van der Waals surface area contributed by atoms with Crippen molar-refractivity contribution in [3.8, 4) is 0 Å². The summed E-state index contributed by atoms with van der Waals surface area (Å²) < 4.78 is 33.6. The van der Waals surface area contributed by atoms with Crippen LogP contribution >= 0.6 is 0 Å². The maximum Gasteiger partial charge on any atom is 0.411 e. The van der Waals surface area contributed by atoms with Crippen LogP contribution in [-0.4, -0.2) is 92.4 Å². The van der Waals surface area contributed by atoms with Gasteiger partial charge in [0, 0.05) is 13.1 Å². The van der Waals surface area contributed by atoms with E-state index in [0.717, 1.165) is 0 Å². The van der Waals surface area contributed by atoms with Gasteiger partial charge in [-0.05, 0) is 44.4 Å². The molecule has 15 heteroatoms. The third kappa shape index (κ3) is 5.31. The van der Waals surface area contributed by atoms with E-state index in [2.05, 4.69) is 20.6 Å². The minimum atomic E-state index is -0.881. The fourth-order valence-electron chi connectivity index (χ4n) is 4.95. The third-order valence-electron chi connectivity index (χ3n) is 6.81. The molecule has 40 heavy (non-hydrogen) atoms. The van der Waals surface area contributed by atoms with E-state index >= 15 is 4.39 Å². The molecule has 0 spiro atoms. The van der Waals surface area contributed by atoms with Gasteiger partial charge < -0.3 is 19.1 Å². The van der Waals surface area contributed by atoms with E-state index in [-0.39, 0.29) is 38.1 Å². The number of halogens is 1. The van der Waals surface area contributed by atoms with Crippen LogP contribution in [0.5, 0.6) is 0 Å². The van der Waals surface area contributed by atoms with Crippen LogP contribution in [0.15, 0.2) is 30.6 Å². The molecule has 5 rings (SSSR count). The van der Waals surface area contributed by atoms with Gasteiger partial charge in [-0.3, -0.25) is 4.90 Å². The summed E-state index contributed by atoms with van der Waals surface area (Å²) in [5.74, 6) is -1.61. The maximum atomic E-state index is 15.6. The van der Waals surface area contributed by atoms with Gasteiger partial charge in [-0.1, -0.05) is 16.5 Å². The number of ether oxygens (including phenoxy) is 3. The molecule has 1 aromatic carbocycles. The highest BCUT2D eigenvalue weighted by Gasteiger charge is 2.34. The first kappa shape index (κ1) is 27.0. The van der Waals surface area contributed by atoms with Gasteiger partial charge in [0.25, 0.3) is 0 Å². The molecular formula is C25H29FN8O6. The van der Waals surface area contributed by atoms with Gasteiger partial charge >= 0.3 is 18.0 Å². The first-order valence-electron chi connectivity index (χ1n) is 13.0. The largest absolute Gasteiger partial charge is 0.461 e. The van der Waals surface area contributed by atoms with Gasteiger partial charge in [-0.25, -0.2) is 28.1 Å². The lowest BCUT2D eigenvalue weighted by Gasteiger charge is -2.34. The molecular weight excluding hydrogens is 527 g/mol. The van der Waals surface area contributed by atoms with E-state index in [1.54, 1.807) is 30.7 Å². The number of piperidine rings is 1. The second-order valence-electron chi connectivity index (χ2n) is 9.20. The second kappa shape index (κ2) is 11.7. The Morgan fingerprint density at radius 1 is 1.10 bits per heavy atom. The summed E-state index contributed by atoms with van der Waals surface area (Å²) >= 11 is 0. The molecule has 4 heterocycles. The van der Waals surface area contributed by atoms with Crippen molar-refractivity contribution in [2.45, 2.75) is 38.9 Å². The van der Waals surface area contributed by atoms with Crippen molar-refractivity contribution in [1.82, 2.24) is 34.9 Å². The van der Waals surface area contributed by atoms with Gasteiger partial charge in [0.1, 0.15) is 12.4 Å². The third-order valence-corrected chi connectivity index (χ3v) is 6.81. The van der Waals surface area contributed by atoms with Gasteiger partial charge in [0.2, 0.25) is 0 Å². The van der Waals surface area contributed by atoms with Gasteiger partial charge in [0.05, 0.1) is 43.9 Å². The van der Waals surface area contributed by atoms with E-state index in [9.17, 15) is 14.4 Å². The van der Waals surface area contributed by atoms with Crippen molar-refractivity contribution in [3.63, 3.8) is 0 Å². The van der Waals surface area contributed by atoms with Crippen LogP contribution in [0.3, 0.4) is 0 Å². The zero-order valence-corrected chi connectivity index (χ0v) is 22.1. The van der Waals surface area contributed by atoms with Crippen LogP contribution in [0.1, 0.15) is 65.4 Å². The zero-order valence-electron chi connectivity index (χ0n) is 22.1. The first-order valence-corrected chi connectivity index (χ1v) is 13.0. The number of nitrogens with zero attached hydrogens (tertiary/aromatic N) is 8. The number of amides is 1. The molecule has 0 unspecified atom stereocenters. The predicted molar refractivity (Wildman–Crippen MR) is 135 cm³/mol. The number of cyclic esters (lactones) is 1. The van der Waals surface area contributed by atoms with E-state index in [1.807, 2.05) is 4.90 Å². The molecule has 0 N–H and O–H groups in total. The van der Waals surface area contributed by atoms with Crippen LogP contribution in [0.4, 0.5) is 14.9 Å². The molecule has 0 bridgehead atoms. The standard InChI is InChI=1S/C25H29FN8O6/c1-3-38-23(35)19-15-33(30-28-19)22(32-11-12-40-25(32)37)16-5-6-20(18(26)13-16)31-9-7-17(8-10-31)34-21(14-27-29-34)24(36)39-4-2/h5-6,13-15,17,22H,3-4,7-12H2,1-2H3/t22-/m1/s1. The van der Waals surface area contributed by atoms with Crippen molar-refractivity contribution in [2.24, 2.45) is 0 Å². The highest BCUT2D eigenvalue weighted by molar-refractivity contribution is 5.87. The molecule has 1 atom stereocenters. The smallest absolute Gasteiger partial charge is 0.411 e. The monoisotopic (exact) mass is 556 g/mol. The summed E-state index contributed by atoms with van der Waals surface area (Å²) in [6.07, 6.45) is 2.53. The maximum absolute atomic E-state index is 15.6. The van der Waals surface area contributed by atoms with Crippen molar-refractivity contribution in [3.05, 3.63) is 53.4 Å². The Morgan fingerprint density at radius 2 is 1.85 bits per heavy atom. The molecule has 0 saturated carbocycles. The molecule has 2 fully saturated rings. The lowest BCUT2D eigenvalue weighted by atomic mass is 10.0. The Hall–Kier alpha value is -4.56. The van der Waals surface area contributed by atoms with Crippen molar-refractivity contribution in [2.75, 3.05) is 44.4 Å². The van der Waals surface area contributed by atoms with Gasteiger partial charge in [-0.2, -0.15) is 0 Å². The second-order valence-corrected chi connectivity index (χ2v) is 9.20. The summed E-state index contributed by atoms with van der Waals surface area (Å²) in [4.78, 5) is 40.1. The number of hydrogen-bond acceptors (Lipinski definition) is 11. The van der Waals surface area contributed by atoms with Crippen LogP contribution < -0.4 is 4.90 Å². The normalized spacial score (nSPS) is 16.6. The number of carbonyl (C=O) groups excluding carboxylic acids is 3. The Bertz CT molecular complexity index is 1390. The van der Waals surface area contributed by atoms with Crippen molar-refractivity contribution < 1.29 is 33.0 Å². The highest BCUT2D eigenvalue weighted by atomic mass is 19.1. The van der Waals surface area contributed by atoms with Gasteiger partial charge in [-0.15, -0.1) is 10.2 Å². The Labute approximate surface area is 228 Å². The molecule has 3 aromatic rings. The summed E-state index contributed by atoms with van der Waals surface area (Å²) in [5, 5.41) is 15.8. The number of hydrogen-bond donors (Lipinski definition) is 0. The molecule has 2 aliphatic rings. The molecule has 2 saturated heterocycles. The number of anilines is 1. The van der Waals surface area contributed by atoms with E-state index in [1.165, 1.54) is 28.0 Å². The number of benzene rings is 1. The number of aromatic nitrogens is 6. The van der Waals surface area contributed by atoms with Crippen LogP contribution in [-0.2, 0) is 14.2 Å². The minimum absolute atomic E-state index is 0.0297. The summed E-state index contributed by atoms with van der Waals surface area (Å²) in [7, 11) is 0. The minimum Gasteiger partial charge on any atom is -0.461 e. The molecule has 0 aliphatic carbocycles. The highest BCUT2D eigenvalue weighted by Crippen LogP contribution is 2.32. The molecule has 0 radical (unpaired) electrons. The van der Waals surface area contributed by atoms with Crippen molar-refractivity contribution in [1.29, 1.82) is 0 Å². The Kier molecular flexibility index (Phi) is 7.89. The number of esters is 2. The van der Waals surface area contributed by atoms with E-state index < -0.39 is 30.0 Å². The Morgan fingerprint density at radius 3 is 2.52 bits per heavy atom. The van der Waals surface area contributed by atoms with Crippen molar-refractivity contribution >= 4 is 23.7 Å². The lowest BCUT2D eigenvalue weighted by molar-refractivity contribution is 0.0502. The summed E-state index contributed by atoms with van der Waals surface area (Å²) in [6.45, 7) is 5.31. The SMILES string of the molecule is CCOC(=O)c1cn([C@H](c2ccc(N3CCC(n4nncc4C(=O)OCC)CC3)c(F)c2)N2CCOC2=O)nn1. The van der Waals surface area contributed by atoms with Crippen LogP contribution in [0.2, 0.25) is 0 Å². The lowest BCUT2D eigenvalue weighted by Crippen LogP contribution is -2.37. The average Bonchev–Trinajstić information content (AvgIpc) is 3.72. The molecule has 212 valence electrons. The first-order chi connectivity index (χ1) is 19.4. The summed E-state index contributed by atoms with van der Waals surface area (Å²) in [6, 6.07) is 4.64. The molecule has 1 amide bonds. The fourth-order valence-corrected chi connectivity index (χ4v) is 4.95. The van der Waals surface area contributed by atoms with Crippen LogP contribution in [0.25, 0.3) is 0 Å². The quantitative estimate of drug-likeness (QED) is 0.282. The molecule has 2 aliphatic heterocycles. The molecule has 14 nitrogen and oxygen atoms in total. The average molecular weight is 557 g/mol.